The van der Waals surface area contributed by atoms with Gasteiger partial charge in [0.1, 0.15) is 0 Å². The van der Waals surface area contributed by atoms with Crippen LogP contribution < -0.4 is 5.32 Å². The van der Waals surface area contributed by atoms with Gasteiger partial charge in [-0.2, -0.15) is 0 Å². The molecule has 1 rings (SSSR count). The van der Waals surface area contributed by atoms with Crippen LogP contribution in [0.2, 0.25) is 0 Å². The van der Waals surface area contributed by atoms with Crippen LogP contribution in [-0.4, -0.2) is 57.0 Å². The fraction of sp³-hybridized carbons (Fsp3) is 1.00. The topological polar surface area (TPSA) is 49.4 Å². The van der Waals surface area contributed by atoms with Crippen LogP contribution in [0.15, 0.2) is 0 Å². The summed E-state index contributed by atoms with van der Waals surface area (Å²) in [5, 5.41) is 3.46. The SMILES string of the molecule is CCC(CNCC(C)C)N1CCS(=O)(=O)CC1. The molecule has 0 amide bonds. The van der Waals surface area contributed by atoms with Crippen LogP contribution in [0.4, 0.5) is 0 Å². The summed E-state index contributed by atoms with van der Waals surface area (Å²) < 4.78 is 22.7. The van der Waals surface area contributed by atoms with Crippen molar-refractivity contribution in [3.05, 3.63) is 0 Å². The lowest BCUT2D eigenvalue weighted by atomic mass is 10.1. The number of nitrogens with one attached hydrogen (secondary N) is 1. The van der Waals surface area contributed by atoms with Crippen molar-refractivity contribution in [3.63, 3.8) is 0 Å². The fourth-order valence-electron chi connectivity index (χ4n) is 2.16. The molecule has 1 saturated heterocycles. The average Bonchev–Trinajstić information content (AvgIpc) is 2.25. The number of nitrogens with zero attached hydrogens (tertiary/aromatic N) is 1. The number of hydrogen-bond acceptors (Lipinski definition) is 4. The van der Waals surface area contributed by atoms with E-state index in [9.17, 15) is 8.42 Å². The lowest BCUT2D eigenvalue weighted by Gasteiger charge is -2.34. The second-order valence-electron chi connectivity index (χ2n) is 5.30. The van der Waals surface area contributed by atoms with Crippen LogP contribution in [0.3, 0.4) is 0 Å². The minimum absolute atomic E-state index is 0.327. The molecule has 4 nitrogen and oxygen atoms in total. The maximum Gasteiger partial charge on any atom is 0.152 e. The number of rotatable bonds is 6. The lowest BCUT2D eigenvalue weighted by molar-refractivity contribution is 0.200. The Morgan fingerprint density at radius 3 is 2.24 bits per heavy atom. The van der Waals surface area contributed by atoms with Crippen LogP contribution in [-0.2, 0) is 9.84 Å². The summed E-state index contributed by atoms with van der Waals surface area (Å²) in [6.45, 7) is 9.96. The molecule has 0 aromatic rings. The van der Waals surface area contributed by atoms with Gasteiger partial charge in [-0.3, -0.25) is 4.90 Å². The molecule has 0 aromatic heterocycles. The Kier molecular flexibility index (Phi) is 5.89. The Morgan fingerprint density at radius 1 is 1.18 bits per heavy atom. The van der Waals surface area contributed by atoms with Crippen molar-refractivity contribution in [2.45, 2.75) is 33.2 Å². The second-order valence-corrected chi connectivity index (χ2v) is 7.61. The van der Waals surface area contributed by atoms with E-state index in [-0.39, 0.29) is 0 Å². The summed E-state index contributed by atoms with van der Waals surface area (Å²) in [4.78, 5) is 2.31. The van der Waals surface area contributed by atoms with Crippen LogP contribution in [0, 0.1) is 5.92 Å². The van der Waals surface area contributed by atoms with Crippen LogP contribution in [0.1, 0.15) is 27.2 Å². The number of hydrogen-bond donors (Lipinski definition) is 1. The van der Waals surface area contributed by atoms with E-state index in [1.807, 2.05) is 0 Å². The Balaban J connectivity index is 2.35. The fourth-order valence-corrected chi connectivity index (χ4v) is 3.39. The van der Waals surface area contributed by atoms with Crippen molar-refractivity contribution >= 4 is 9.84 Å². The lowest BCUT2D eigenvalue weighted by Crippen LogP contribution is -2.49. The van der Waals surface area contributed by atoms with Gasteiger partial charge >= 0.3 is 0 Å². The largest absolute Gasteiger partial charge is 0.315 e. The van der Waals surface area contributed by atoms with E-state index in [0.717, 1.165) is 19.5 Å². The first-order valence-corrected chi connectivity index (χ1v) is 8.42. The minimum atomic E-state index is -2.75. The van der Waals surface area contributed by atoms with Crippen LogP contribution >= 0.6 is 0 Å². The Bertz CT molecular complexity index is 300. The number of sulfone groups is 1. The van der Waals surface area contributed by atoms with Gasteiger partial charge in [0.25, 0.3) is 0 Å². The van der Waals surface area contributed by atoms with Gasteiger partial charge in [-0.15, -0.1) is 0 Å². The van der Waals surface area contributed by atoms with E-state index in [1.165, 1.54) is 0 Å². The van der Waals surface area contributed by atoms with Crippen LogP contribution in [0.25, 0.3) is 0 Å². The molecule has 1 fully saturated rings. The molecule has 0 spiro atoms. The summed E-state index contributed by atoms with van der Waals surface area (Å²) in [6.07, 6.45) is 1.07. The molecular formula is C12H26N2O2S. The van der Waals surface area contributed by atoms with Gasteiger partial charge in [0.05, 0.1) is 11.5 Å². The highest BCUT2D eigenvalue weighted by Gasteiger charge is 2.25. The third-order valence-corrected chi connectivity index (χ3v) is 4.91. The molecule has 1 N–H and O–H groups in total. The summed E-state index contributed by atoms with van der Waals surface area (Å²) in [5.74, 6) is 1.32. The van der Waals surface area contributed by atoms with E-state index >= 15 is 0 Å². The first kappa shape index (κ1) is 14.9. The molecule has 102 valence electrons. The molecule has 1 aliphatic rings. The average molecular weight is 262 g/mol. The third-order valence-electron chi connectivity index (χ3n) is 3.30. The monoisotopic (exact) mass is 262 g/mol. The van der Waals surface area contributed by atoms with Crippen molar-refractivity contribution in [3.8, 4) is 0 Å². The van der Waals surface area contributed by atoms with Gasteiger partial charge in [-0.05, 0) is 18.9 Å². The predicted octanol–water partition coefficient (Wildman–Crippen LogP) is 0.741. The molecule has 0 radical (unpaired) electrons. The molecule has 17 heavy (non-hydrogen) atoms. The Hall–Kier alpha value is -0.130. The molecule has 0 saturated carbocycles. The minimum Gasteiger partial charge on any atom is -0.315 e. The van der Waals surface area contributed by atoms with Gasteiger partial charge in [0.2, 0.25) is 0 Å². The summed E-state index contributed by atoms with van der Waals surface area (Å²) >= 11 is 0. The highest BCUT2D eigenvalue weighted by molar-refractivity contribution is 7.91. The summed E-state index contributed by atoms with van der Waals surface area (Å²) in [7, 11) is -2.75. The molecule has 1 unspecified atom stereocenters. The van der Waals surface area contributed by atoms with Crippen molar-refractivity contribution in [2.24, 2.45) is 5.92 Å². The Labute approximate surface area is 106 Å². The molecule has 5 heteroatoms. The van der Waals surface area contributed by atoms with Gasteiger partial charge in [-0.25, -0.2) is 8.42 Å². The van der Waals surface area contributed by atoms with Gasteiger partial charge in [0.15, 0.2) is 9.84 Å². The van der Waals surface area contributed by atoms with E-state index < -0.39 is 9.84 Å². The van der Waals surface area contributed by atoms with Crippen LogP contribution in [0.5, 0.6) is 0 Å². The predicted molar refractivity (Wildman–Crippen MR) is 72.0 cm³/mol. The maximum atomic E-state index is 11.4. The smallest absolute Gasteiger partial charge is 0.152 e. The highest BCUT2D eigenvalue weighted by Crippen LogP contribution is 2.10. The highest BCUT2D eigenvalue weighted by atomic mass is 32.2. The zero-order valence-corrected chi connectivity index (χ0v) is 12.1. The van der Waals surface area contributed by atoms with E-state index in [0.29, 0.717) is 36.6 Å². The standard InChI is InChI=1S/C12H26N2O2S/c1-4-12(10-13-9-11(2)3)14-5-7-17(15,16)8-6-14/h11-13H,4-10H2,1-3H3. The van der Waals surface area contributed by atoms with Gasteiger partial charge in [-0.1, -0.05) is 20.8 Å². The molecule has 0 bridgehead atoms. The zero-order valence-electron chi connectivity index (χ0n) is 11.3. The first-order chi connectivity index (χ1) is 7.94. The first-order valence-electron chi connectivity index (χ1n) is 6.59. The van der Waals surface area contributed by atoms with Crippen molar-refractivity contribution in [1.29, 1.82) is 0 Å². The van der Waals surface area contributed by atoms with Gasteiger partial charge < -0.3 is 5.32 Å². The van der Waals surface area contributed by atoms with Crippen molar-refractivity contribution < 1.29 is 8.42 Å². The van der Waals surface area contributed by atoms with E-state index in [4.69, 9.17) is 0 Å². The second kappa shape index (κ2) is 6.71. The maximum absolute atomic E-state index is 11.4. The molecule has 0 aliphatic carbocycles. The molecule has 1 heterocycles. The van der Waals surface area contributed by atoms with E-state index in [2.05, 4.69) is 31.0 Å². The van der Waals surface area contributed by atoms with Crippen molar-refractivity contribution in [1.82, 2.24) is 10.2 Å². The third kappa shape index (κ3) is 5.36. The molecule has 0 aromatic carbocycles. The van der Waals surface area contributed by atoms with E-state index in [1.54, 1.807) is 0 Å². The molecular weight excluding hydrogens is 236 g/mol. The molecule has 1 aliphatic heterocycles. The zero-order chi connectivity index (χ0) is 12.9. The normalized spacial score (nSPS) is 22.8. The summed E-state index contributed by atoms with van der Waals surface area (Å²) in [5.41, 5.74) is 0. The summed E-state index contributed by atoms with van der Waals surface area (Å²) in [6, 6.07) is 0.476. The molecule has 1 atom stereocenters. The van der Waals surface area contributed by atoms with Gasteiger partial charge in [0, 0.05) is 25.7 Å². The quantitative estimate of drug-likeness (QED) is 0.767. The Morgan fingerprint density at radius 2 is 1.76 bits per heavy atom. The van der Waals surface area contributed by atoms with Crippen molar-refractivity contribution in [2.75, 3.05) is 37.7 Å².